The molecule has 1 aromatic heterocycles. The third-order valence-electron chi connectivity index (χ3n) is 8.64. The van der Waals surface area contributed by atoms with E-state index in [0.29, 0.717) is 31.3 Å². The van der Waals surface area contributed by atoms with Crippen LogP contribution in [0.5, 0.6) is 0 Å². The third-order valence-corrected chi connectivity index (χ3v) is 8.64. The van der Waals surface area contributed by atoms with Gasteiger partial charge in [-0.2, -0.15) is 0 Å². The van der Waals surface area contributed by atoms with Crippen LogP contribution in [0.1, 0.15) is 50.0 Å². The molecule has 0 unspecified atom stereocenters. The van der Waals surface area contributed by atoms with Gasteiger partial charge in [0.2, 0.25) is 5.91 Å². The number of nitrogens with zero attached hydrogens (tertiary/aromatic N) is 4. The van der Waals surface area contributed by atoms with E-state index in [1.807, 2.05) is 30.3 Å². The van der Waals surface area contributed by atoms with E-state index >= 15 is 0 Å². The van der Waals surface area contributed by atoms with Gasteiger partial charge in [-0.15, -0.1) is 6.42 Å². The van der Waals surface area contributed by atoms with E-state index in [1.165, 1.54) is 11.0 Å². The molecular weight excluding hydrogens is 466 g/mol. The normalized spacial score (nSPS) is 21.5. The molecule has 8 heteroatoms. The maximum atomic E-state index is 12.9. The van der Waals surface area contributed by atoms with Gasteiger partial charge in [0.15, 0.2) is 0 Å². The number of aromatic nitrogens is 2. The van der Waals surface area contributed by atoms with Crippen LogP contribution >= 0.6 is 0 Å². The predicted molar refractivity (Wildman–Crippen MR) is 143 cm³/mol. The molecule has 0 aliphatic carbocycles. The standard InChI is InChI=1S/C29H37N5O3/c1-2-23(24-6-4-3-5-7-24)18-26(35)33-16-11-29(37,12-17-33)21-34-22-31-25(19-27(34)36)32-14-9-28(10-15-32)8-13-30-20-28/h1,3-7,19,22-23,30,37H,8-18,20-21H2/t23-/m1/s1. The first kappa shape index (κ1) is 25.5. The quantitative estimate of drug-likeness (QED) is 0.586. The average Bonchev–Trinajstić information content (AvgIpc) is 3.37. The van der Waals surface area contributed by atoms with E-state index in [0.717, 1.165) is 50.4 Å². The monoisotopic (exact) mass is 503 g/mol. The minimum absolute atomic E-state index is 0.00580. The van der Waals surface area contributed by atoms with Crippen molar-refractivity contribution in [2.75, 3.05) is 44.2 Å². The lowest BCUT2D eigenvalue weighted by Crippen LogP contribution is -2.50. The molecule has 2 N–H and O–H groups in total. The summed E-state index contributed by atoms with van der Waals surface area (Å²) in [6, 6.07) is 11.2. The van der Waals surface area contributed by atoms with E-state index in [1.54, 1.807) is 17.3 Å². The molecule has 1 aromatic carbocycles. The summed E-state index contributed by atoms with van der Waals surface area (Å²) < 4.78 is 1.50. The van der Waals surface area contributed by atoms with Gasteiger partial charge >= 0.3 is 0 Å². The molecule has 1 amide bonds. The maximum Gasteiger partial charge on any atom is 0.255 e. The molecule has 3 saturated heterocycles. The Balaban J connectivity index is 1.15. The van der Waals surface area contributed by atoms with Gasteiger partial charge in [-0.05, 0) is 49.6 Å². The van der Waals surface area contributed by atoms with Crippen molar-refractivity contribution in [1.82, 2.24) is 19.8 Å². The summed E-state index contributed by atoms with van der Waals surface area (Å²) in [5.41, 5.74) is 0.164. The Morgan fingerprint density at radius 3 is 2.46 bits per heavy atom. The minimum Gasteiger partial charge on any atom is -0.388 e. The van der Waals surface area contributed by atoms with E-state index in [-0.39, 0.29) is 30.3 Å². The zero-order chi connectivity index (χ0) is 25.9. The fourth-order valence-corrected chi connectivity index (χ4v) is 6.05. The van der Waals surface area contributed by atoms with Crippen LogP contribution in [0, 0.1) is 17.8 Å². The molecule has 1 spiro atoms. The molecule has 0 saturated carbocycles. The smallest absolute Gasteiger partial charge is 0.255 e. The molecule has 3 aliphatic rings. The first-order chi connectivity index (χ1) is 17.9. The van der Waals surface area contributed by atoms with Gasteiger partial charge in [0.25, 0.3) is 5.56 Å². The Hall–Kier alpha value is -3.15. The summed E-state index contributed by atoms with van der Waals surface area (Å²) in [7, 11) is 0. The number of amides is 1. The number of likely N-dealkylation sites (tertiary alicyclic amines) is 1. The summed E-state index contributed by atoms with van der Waals surface area (Å²) in [4.78, 5) is 34.4. The number of anilines is 1. The molecule has 4 heterocycles. The van der Waals surface area contributed by atoms with Crippen molar-refractivity contribution < 1.29 is 9.90 Å². The van der Waals surface area contributed by atoms with Gasteiger partial charge < -0.3 is 20.2 Å². The Kier molecular flexibility index (Phi) is 7.36. The van der Waals surface area contributed by atoms with Crippen LogP contribution in [0.3, 0.4) is 0 Å². The number of nitrogens with one attached hydrogen (secondary N) is 1. The van der Waals surface area contributed by atoms with Gasteiger partial charge in [0.05, 0.1) is 24.4 Å². The Morgan fingerprint density at radius 1 is 1.11 bits per heavy atom. The third kappa shape index (κ3) is 5.73. The van der Waals surface area contributed by atoms with Crippen LogP contribution in [-0.4, -0.2) is 70.3 Å². The number of terminal acetylenes is 1. The molecule has 1 atom stereocenters. The molecule has 3 aliphatic heterocycles. The molecule has 2 aromatic rings. The van der Waals surface area contributed by atoms with Gasteiger partial charge in [-0.3, -0.25) is 14.2 Å². The molecule has 0 bridgehead atoms. The van der Waals surface area contributed by atoms with Crippen molar-refractivity contribution in [3.05, 3.63) is 58.6 Å². The molecular formula is C29H37N5O3. The molecule has 5 rings (SSSR count). The number of benzene rings is 1. The minimum atomic E-state index is -1.05. The van der Waals surface area contributed by atoms with Crippen molar-refractivity contribution in [3.8, 4) is 12.3 Å². The number of carbonyl (C=O) groups excluding carboxylic acids is 1. The van der Waals surface area contributed by atoms with Crippen LogP contribution < -0.4 is 15.8 Å². The SMILES string of the molecule is C#C[C@H](CC(=O)N1CCC(O)(Cn2cnc(N3CCC4(CCNC4)CC3)cc2=O)CC1)c1ccccc1. The lowest BCUT2D eigenvalue weighted by atomic mass is 9.78. The van der Waals surface area contributed by atoms with E-state index in [4.69, 9.17) is 6.42 Å². The number of carbonyl (C=O) groups is 1. The van der Waals surface area contributed by atoms with E-state index in [9.17, 15) is 14.7 Å². The predicted octanol–water partition coefficient (Wildman–Crippen LogP) is 1.98. The lowest BCUT2D eigenvalue weighted by Gasteiger charge is -2.40. The summed E-state index contributed by atoms with van der Waals surface area (Å²) >= 11 is 0. The number of aliphatic hydroxyl groups is 1. The van der Waals surface area contributed by atoms with Crippen molar-refractivity contribution >= 4 is 11.7 Å². The number of hydrogen-bond donors (Lipinski definition) is 2. The first-order valence-corrected chi connectivity index (χ1v) is 13.4. The molecule has 37 heavy (non-hydrogen) atoms. The number of hydrogen-bond acceptors (Lipinski definition) is 6. The molecule has 3 fully saturated rings. The number of rotatable bonds is 6. The second-order valence-electron chi connectivity index (χ2n) is 11.1. The van der Waals surface area contributed by atoms with Crippen LogP contribution in [0.2, 0.25) is 0 Å². The lowest BCUT2D eigenvalue weighted by molar-refractivity contribution is -0.136. The Labute approximate surface area is 218 Å². The van der Waals surface area contributed by atoms with Gasteiger partial charge in [-0.1, -0.05) is 36.3 Å². The molecule has 196 valence electrons. The fourth-order valence-electron chi connectivity index (χ4n) is 6.05. The summed E-state index contributed by atoms with van der Waals surface area (Å²) in [5.74, 6) is 3.18. The van der Waals surface area contributed by atoms with Crippen LogP contribution in [0.4, 0.5) is 5.82 Å². The Bertz CT molecular complexity index is 1180. The van der Waals surface area contributed by atoms with Crippen LogP contribution in [0.15, 0.2) is 47.5 Å². The summed E-state index contributed by atoms with van der Waals surface area (Å²) in [6.07, 6.45) is 11.8. The zero-order valence-corrected chi connectivity index (χ0v) is 21.4. The summed E-state index contributed by atoms with van der Waals surface area (Å²) in [6.45, 7) is 5.07. The second kappa shape index (κ2) is 10.7. The largest absolute Gasteiger partial charge is 0.388 e. The van der Waals surface area contributed by atoms with Gasteiger partial charge in [-0.25, -0.2) is 4.98 Å². The summed E-state index contributed by atoms with van der Waals surface area (Å²) in [5, 5.41) is 14.7. The number of piperidine rings is 2. The van der Waals surface area contributed by atoms with Crippen molar-refractivity contribution in [2.24, 2.45) is 5.41 Å². The average molecular weight is 504 g/mol. The molecule has 0 radical (unpaired) electrons. The van der Waals surface area contributed by atoms with Crippen molar-refractivity contribution in [1.29, 1.82) is 0 Å². The second-order valence-corrected chi connectivity index (χ2v) is 11.1. The maximum absolute atomic E-state index is 12.9. The highest BCUT2D eigenvalue weighted by molar-refractivity contribution is 5.77. The highest BCUT2D eigenvalue weighted by Crippen LogP contribution is 2.37. The first-order valence-electron chi connectivity index (χ1n) is 13.4. The Morgan fingerprint density at radius 2 is 1.84 bits per heavy atom. The fraction of sp³-hybridized carbons (Fsp3) is 0.552. The van der Waals surface area contributed by atoms with Crippen molar-refractivity contribution in [3.63, 3.8) is 0 Å². The highest BCUT2D eigenvalue weighted by Gasteiger charge is 2.38. The van der Waals surface area contributed by atoms with Crippen LogP contribution in [-0.2, 0) is 11.3 Å². The van der Waals surface area contributed by atoms with Gasteiger partial charge in [0.1, 0.15) is 5.82 Å². The zero-order valence-electron chi connectivity index (χ0n) is 21.4. The topological polar surface area (TPSA) is 90.7 Å². The van der Waals surface area contributed by atoms with Gasteiger partial charge in [0, 0.05) is 45.2 Å². The highest BCUT2D eigenvalue weighted by atomic mass is 16.3. The molecule has 8 nitrogen and oxygen atoms in total. The van der Waals surface area contributed by atoms with E-state index in [2.05, 4.69) is 21.1 Å². The van der Waals surface area contributed by atoms with Crippen LogP contribution in [0.25, 0.3) is 0 Å². The van der Waals surface area contributed by atoms with E-state index < -0.39 is 5.60 Å². The van der Waals surface area contributed by atoms with Crippen molar-refractivity contribution in [2.45, 2.75) is 56.6 Å².